The molecule has 10 heavy (non-hydrogen) atoms. The molecule has 4 nitrogen and oxygen atoms in total. The first-order valence-corrected chi connectivity index (χ1v) is 3.67. The van der Waals surface area contributed by atoms with E-state index in [-0.39, 0.29) is 6.35 Å². The molecule has 0 aromatic heterocycles. The molecule has 2 rings (SSSR count). The molecule has 2 aliphatic rings. The molecule has 0 aromatic carbocycles. The highest BCUT2D eigenvalue weighted by Gasteiger charge is 2.24. The molecule has 2 aliphatic heterocycles. The van der Waals surface area contributed by atoms with Crippen LogP contribution in [0.1, 0.15) is 6.42 Å². The summed E-state index contributed by atoms with van der Waals surface area (Å²) in [5, 5.41) is 5.20. The van der Waals surface area contributed by atoms with Crippen LogP contribution in [0.25, 0.3) is 0 Å². The third-order valence-corrected chi connectivity index (χ3v) is 1.71. The predicted molar refractivity (Wildman–Crippen MR) is 36.5 cm³/mol. The van der Waals surface area contributed by atoms with Gasteiger partial charge in [-0.3, -0.25) is 10.7 Å². The first-order chi connectivity index (χ1) is 4.97. The van der Waals surface area contributed by atoms with Crippen LogP contribution in [-0.2, 0) is 4.74 Å². The molecule has 0 saturated carbocycles. The number of hydrazine groups is 1. The Hall–Kier alpha value is -0.160. The molecule has 2 N–H and O–H groups in total. The Morgan fingerprint density at radius 1 is 1.50 bits per heavy atom. The molecular weight excluding hydrogens is 130 g/mol. The number of nitrogens with one attached hydrogen (secondary N) is 2. The summed E-state index contributed by atoms with van der Waals surface area (Å²) in [5.74, 6) is 0. The summed E-state index contributed by atoms with van der Waals surface area (Å²) in [6, 6.07) is 0. The van der Waals surface area contributed by atoms with Crippen LogP contribution in [0, 0.1) is 6.54 Å². The lowest BCUT2D eigenvalue weighted by atomic mass is 10.5. The van der Waals surface area contributed by atoms with E-state index in [9.17, 15) is 0 Å². The zero-order valence-corrected chi connectivity index (χ0v) is 5.84. The Labute approximate surface area is 60.5 Å². The summed E-state index contributed by atoms with van der Waals surface area (Å²) in [4.78, 5) is 0. The summed E-state index contributed by atoms with van der Waals surface area (Å²) in [7, 11) is 0. The maximum Gasteiger partial charge on any atom is 0.178 e. The van der Waals surface area contributed by atoms with Crippen LogP contribution in [0.2, 0.25) is 0 Å². The second-order valence-corrected chi connectivity index (χ2v) is 2.46. The zero-order valence-electron chi connectivity index (χ0n) is 5.84. The Kier molecular flexibility index (Phi) is 1.86. The van der Waals surface area contributed by atoms with Gasteiger partial charge in [0.05, 0.1) is 6.61 Å². The van der Waals surface area contributed by atoms with Crippen molar-refractivity contribution >= 4 is 0 Å². The zero-order chi connectivity index (χ0) is 6.81. The molecule has 2 saturated heterocycles. The van der Waals surface area contributed by atoms with Gasteiger partial charge >= 0.3 is 0 Å². The van der Waals surface area contributed by atoms with E-state index >= 15 is 0 Å². The van der Waals surface area contributed by atoms with Crippen LogP contribution in [0.15, 0.2) is 0 Å². The highest BCUT2D eigenvalue weighted by Crippen LogP contribution is 2.08. The van der Waals surface area contributed by atoms with Crippen molar-refractivity contribution in [3.8, 4) is 0 Å². The van der Waals surface area contributed by atoms with Crippen molar-refractivity contribution in [2.24, 2.45) is 0 Å². The molecule has 1 radical (unpaired) electrons. The van der Waals surface area contributed by atoms with Gasteiger partial charge in [-0.05, 0) is 6.42 Å². The minimum atomic E-state index is 0.0718. The minimum absolute atomic E-state index is 0.0718. The van der Waals surface area contributed by atoms with E-state index in [1.165, 1.54) is 0 Å². The number of hydrogen-bond donors (Lipinski definition) is 2. The van der Waals surface area contributed by atoms with E-state index in [1.807, 2.05) is 5.01 Å². The quantitative estimate of drug-likeness (QED) is 0.505. The van der Waals surface area contributed by atoms with E-state index in [2.05, 4.69) is 17.3 Å². The van der Waals surface area contributed by atoms with Gasteiger partial charge in [0.2, 0.25) is 0 Å². The van der Waals surface area contributed by atoms with Gasteiger partial charge in [-0.1, -0.05) is 0 Å². The van der Waals surface area contributed by atoms with Crippen molar-refractivity contribution in [2.75, 3.05) is 19.7 Å². The average Bonchev–Trinajstić information content (AvgIpc) is 2.59. The summed E-state index contributed by atoms with van der Waals surface area (Å²) in [6.07, 6.45) is 1.17. The van der Waals surface area contributed by atoms with Crippen molar-refractivity contribution in [3.63, 3.8) is 0 Å². The lowest BCUT2D eigenvalue weighted by Crippen LogP contribution is -2.45. The first kappa shape index (κ1) is 6.54. The molecule has 0 bridgehead atoms. The van der Waals surface area contributed by atoms with Crippen LogP contribution in [-0.4, -0.2) is 31.1 Å². The molecule has 2 heterocycles. The van der Waals surface area contributed by atoms with Crippen molar-refractivity contribution in [3.05, 3.63) is 6.54 Å². The van der Waals surface area contributed by atoms with Crippen molar-refractivity contribution in [1.82, 2.24) is 15.8 Å². The van der Waals surface area contributed by atoms with E-state index in [0.717, 1.165) is 26.1 Å². The Morgan fingerprint density at radius 2 is 2.50 bits per heavy atom. The number of ether oxygens (including phenoxy) is 1. The largest absolute Gasteiger partial charge is 0.347 e. The predicted octanol–water partition coefficient (Wildman–Crippen LogP) is -0.738. The van der Waals surface area contributed by atoms with Gasteiger partial charge in [-0.2, -0.15) is 5.01 Å². The minimum Gasteiger partial charge on any atom is -0.347 e. The standard InChI is InChI=1S/C6H12N3O/c1-2-8-9(4-1)6-7-3-5-10-6/h4,6-8H,1-3,5H2. The molecule has 1 atom stereocenters. The lowest BCUT2D eigenvalue weighted by molar-refractivity contribution is -0.0295. The van der Waals surface area contributed by atoms with E-state index in [4.69, 9.17) is 4.74 Å². The van der Waals surface area contributed by atoms with Gasteiger partial charge in [-0.15, -0.1) is 0 Å². The van der Waals surface area contributed by atoms with Crippen LogP contribution >= 0.6 is 0 Å². The third kappa shape index (κ3) is 1.15. The van der Waals surface area contributed by atoms with E-state index < -0.39 is 0 Å². The van der Waals surface area contributed by atoms with Crippen molar-refractivity contribution in [1.29, 1.82) is 0 Å². The average molecular weight is 142 g/mol. The monoisotopic (exact) mass is 142 g/mol. The Morgan fingerprint density at radius 3 is 3.10 bits per heavy atom. The van der Waals surface area contributed by atoms with Gasteiger partial charge in [0.15, 0.2) is 6.35 Å². The van der Waals surface area contributed by atoms with Gasteiger partial charge in [-0.25, -0.2) is 0 Å². The fourth-order valence-electron chi connectivity index (χ4n) is 1.23. The van der Waals surface area contributed by atoms with Crippen molar-refractivity contribution in [2.45, 2.75) is 12.8 Å². The fraction of sp³-hybridized carbons (Fsp3) is 0.833. The number of rotatable bonds is 1. The van der Waals surface area contributed by atoms with E-state index in [0.29, 0.717) is 0 Å². The van der Waals surface area contributed by atoms with E-state index in [1.54, 1.807) is 0 Å². The van der Waals surface area contributed by atoms with Gasteiger partial charge in [0, 0.05) is 19.6 Å². The normalized spacial score (nSPS) is 35.4. The topological polar surface area (TPSA) is 36.5 Å². The van der Waals surface area contributed by atoms with Crippen LogP contribution < -0.4 is 10.7 Å². The molecule has 0 aliphatic carbocycles. The molecule has 0 aromatic rings. The maximum absolute atomic E-state index is 5.36. The fourth-order valence-corrected chi connectivity index (χ4v) is 1.23. The molecule has 4 heteroatoms. The lowest BCUT2D eigenvalue weighted by Gasteiger charge is -2.21. The smallest absolute Gasteiger partial charge is 0.178 e. The van der Waals surface area contributed by atoms with Crippen LogP contribution in [0.5, 0.6) is 0 Å². The molecule has 1 unspecified atom stereocenters. The van der Waals surface area contributed by atoms with Gasteiger partial charge in [0.1, 0.15) is 0 Å². The summed E-state index contributed by atoms with van der Waals surface area (Å²) in [5.41, 5.74) is 3.19. The highest BCUT2D eigenvalue weighted by molar-refractivity contribution is 4.77. The molecule has 0 spiro atoms. The Bertz CT molecular complexity index is 93.6. The molecular formula is C6H12N3O. The van der Waals surface area contributed by atoms with Gasteiger partial charge < -0.3 is 4.74 Å². The summed E-state index contributed by atoms with van der Waals surface area (Å²) >= 11 is 0. The van der Waals surface area contributed by atoms with Crippen LogP contribution in [0.4, 0.5) is 0 Å². The maximum atomic E-state index is 5.36. The Balaban J connectivity index is 1.85. The third-order valence-electron chi connectivity index (χ3n) is 1.71. The first-order valence-electron chi connectivity index (χ1n) is 3.67. The highest BCUT2D eigenvalue weighted by atomic mass is 16.5. The second kappa shape index (κ2) is 2.84. The van der Waals surface area contributed by atoms with Gasteiger partial charge in [0.25, 0.3) is 0 Å². The molecule has 2 fully saturated rings. The SMILES string of the molecule is [CH]1CCNN1C1NCCO1. The summed E-state index contributed by atoms with van der Waals surface area (Å²) in [6.45, 7) is 4.91. The second-order valence-electron chi connectivity index (χ2n) is 2.46. The van der Waals surface area contributed by atoms with Crippen LogP contribution in [0.3, 0.4) is 0 Å². The summed E-state index contributed by atoms with van der Waals surface area (Å²) < 4.78 is 5.36. The molecule has 0 amide bonds. The number of nitrogens with zero attached hydrogens (tertiary/aromatic N) is 1. The number of hydrogen-bond acceptors (Lipinski definition) is 4. The molecule has 57 valence electrons. The van der Waals surface area contributed by atoms with Crippen molar-refractivity contribution < 1.29 is 4.74 Å².